The Morgan fingerprint density at radius 1 is 0.304 bits per heavy atom. The van der Waals surface area contributed by atoms with Gasteiger partial charge in [0.25, 0.3) is 0 Å². The smallest absolute Gasteiger partial charge is 0.0963 e. The second-order valence-electron chi connectivity index (χ2n) is 14.3. The summed E-state index contributed by atoms with van der Waals surface area (Å²) in [4.78, 5) is 10.1. The van der Waals surface area contributed by atoms with Gasteiger partial charge < -0.3 is 9.13 Å². The predicted octanol–water partition coefficient (Wildman–Crippen LogP) is 13.3. The molecule has 0 spiro atoms. The summed E-state index contributed by atoms with van der Waals surface area (Å²) in [6, 6.07) is 71.2. The van der Waals surface area contributed by atoms with E-state index < -0.39 is 0 Å². The summed E-state index contributed by atoms with van der Waals surface area (Å²) in [6.45, 7) is 0. The molecule has 0 atom stereocenters. The molecule has 0 fully saturated rings. The normalized spacial score (nSPS) is 11.6. The maximum atomic E-state index is 5.16. The molecule has 0 radical (unpaired) electrons. The second-order valence-corrected chi connectivity index (χ2v) is 14.3. The molecular weight excluding hydrogens is 681 g/mol. The fraction of sp³-hybridized carbons (Fsp3) is 0. The Morgan fingerprint density at radius 3 is 1.52 bits per heavy atom. The van der Waals surface area contributed by atoms with E-state index >= 15 is 0 Å². The molecule has 0 aliphatic rings. The van der Waals surface area contributed by atoms with Gasteiger partial charge in [0.1, 0.15) is 0 Å². The van der Waals surface area contributed by atoms with Crippen molar-refractivity contribution in [2.75, 3.05) is 0 Å². The Kier molecular flexibility index (Phi) is 7.46. The van der Waals surface area contributed by atoms with Crippen LogP contribution in [0, 0.1) is 0 Å². The molecule has 4 heteroatoms. The lowest BCUT2D eigenvalue weighted by Crippen LogP contribution is -1.95. The maximum Gasteiger partial charge on any atom is 0.0963 e. The summed E-state index contributed by atoms with van der Waals surface area (Å²) in [5.74, 6) is 0. The molecule has 11 aromatic rings. The molecule has 56 heavy (non-hydrogen) atoms. The lowest BCUT2D eigenvalue weighted by molar-refractivity contribution is 1.17. The van der Waals surface area contributed by atoms with Crippen molar-refractivity contribution in [3.8, 4) is 56.1 Å². The second kappa shape index (κ2) is 13.1. The number of fused-ring (bicyclic) bond motifs is 6. The molecule has 0 bridgehead atoms. The third-order valence-corrected chi connectivity index (χ3v) is 11.0. The van der Waals surface area contributed by atoms with Crippen molar-refractivity contribution in [3.63, 3.8) is 0 Å². The van der Waals surface area contributed by atoms with E-state index in [0.29, 0.717) is 0 Å². The zero-order chi connectivity index (χ0) is 37.0. The Bertz CT molecular complexity index is 3160. The van der Waals surface area contributed by atoms with Gasteiger partial charge in [0, 0.05) is 44.9 Å². The highest BCUT2D eigenvalue weighted by Gasteiger charge is 2.17. The van der Waals surface area contributed by atoms with Crippen molar-refractivity contribution in [1.29, 1.82) is 0 Å². The Labute approximate surface area is 324 Å². The number of pyridine rings is 2. The van der Waals surface area contributed by atoms with Gasteiger partial charge in [0.05, 0.1) is 39.0 Å². The van der Waals surface area contributed by atoms with Gasteiger partial charge in [-0.2, -0.15) is 0 Å². The molecule has 0 N–H and O–H groups in total. The van der Waals surface area contributed by atoms with Gasteiger partial charge in [0.15, 0.2) is 0 Å². The lowest BCUT2D eigenvalue weighted by Gasteiger charge is -2.12. The van der Waals surface area contributed by atoms with Gasteiger partial charge in [-0.1, -0.05) is 121 Å². The van der Waals surface area contributed by atoms with Crippen molar-refractivity contribution in [3.05, 3.63) is 206 Å². The predicted molar refractivity (Wildman–Crippen MR) is 232 cm³/mol. The number of rotatable bonds is 6. The summed E-state index contributed by atoms with van der Waals surface area (Å²) in [5.41, 5.74) is 16.5. The van der Waals surface area contributed by atoms with Gasteiger partial charge in [-0.3, -0.25) is 4.98 Å². The van der Waals surface area contributed by atoms with Crippen molar-refractivity contribution < 1.29 is 0 Å². The highest BCUT2D eigenvalue weighted by molar-refractivity contribution is 6.12. The fourth-order valence-corrected chi connectivity index (χ4v) is 8.31. The first kappa shape index (κ1) is 31.9. The van der Waals surface area contributed by atoms with Crippen LogP contribution in [0.15, 0.2) is 206 Å². The number of nitrogens with zero attached hydrogens (tertiary/aromatic N) is 4. The van der Waals surface area contributed by atoms with Crippen molar-refractivity contribution in [2.24, 2.45) is 0 Å². The molecule has 7 aromatic carbocycles. The number of hydrogen-bond acceptors (Lipinski definition) is 2. The minimum Gasteiger partial charge on any atom is -0.309 e. The third kappa shape index (κ3) is 5.31. The van der Waals surface area contributed by atoms with Crippen LogP contribution in [0.4, 0.5) is 0 Å². The van der Waals surface area contributed by atoms with Crippen LogP contribution in [-0.2, 0) is 0 Å². The number of hydrogen-bond donors (Lipinski definition) is 0. The molecule has 4 heterocycles. The van der Waals surface area contributed by atoms with Crippen LogP contribution in [0.5, 0.6) is 0 Å². The quantitative estimate of drug-likeness (QED) is 0.172. The van der Waals surface area contributed by atoms with E-state index in [0.717, 1.165) is 67.0 Å². The fourth-order valence-electron chi connectivity index (χ4n) is 8.31. The molecule has 4 aromatic heterocycles. The summed E-state index contributed by atoms with van der Waals surface area (Å²) < 4.78 is 4.68. The van der Waals surface area contributed by atoms with Crippen LogP contribution >= 0.6 is 0 Å². The molecule has 4 nitrogen and oxygen atoms in total. The molecule has 0 aliphatic carbocycles. The average Bonchev–Trinajstić information content (AvgIpc) is 3.79. The van der Waals surface area contributed by atoms with Crippen LogP contribution < -0.4 is 0 Å². The Hall–Kier alpha value is -7.56. The van der Waals surface area contributed by atoms with Crippen LogP contribution in [0.2, 0.25) is 0 Å². The largest absolute Gasteiger partial charge is 0.309 e. The minimum atomic E-state index is 0.939. The van der Waals surface area contributed by atoms with E-state index in [-0.39, 0.29) is 0 Å². The first-order valence-corrected chi connectivity index (χ1v) is 19.0. The zero-order valence-electron chi connectivity index (χ0n) is 30.4. The first-order valence-electron chi connectivity index (χ1n) is 19.0. The van der Waals surface area contributed by atoms with Crippen molar-refractivity contribution >= 4 is 43.7 Å². The van der Waals surface area contributed by atoms with Gasteiger partial charge >= 0.3 is 0 Å². The SMILES string of the molecule is c1ccc(-c2cc(-c3ccccc3)nc(-c3ccc(-n4c5ccc(-c6ccc7c(c6)c6ccccc6n7-c6ccccc6)cc5c5ncccc54)cc3)c2)cc1. The monoisotopic (exact) mass is 714 g/mol. The van der Waals surface area contributed by atoms with Crippen LogP contribution in [-0.4, -0.2) is 19.1 Å². The molecule has 0 aliphatic heterocycles. The highest BCUT2D eigenvalue weighted by Crippen LogP contribution is 2.38. The summed E-state index contributed by atoms with van der Waals surface area (Å²) in [6.07, 6.45) is 1.89. The third-order valence-electron chi connectivity index (χ3n) is 11.0. The van der Waals surface area contributed by atoms with E-state index in [9.17, 15) is 0 Å². The molecule has 0 unspecified atom stereocenters. The first-order chi connectivity index (χ1) is 27.8. The van der Waals surface area contributed by atoms with Crippen molar-refractivity contribution in [2.45, 2.75) is 0 Å². The Balaban J connectivity index is 1.01. The summed E-state index contributed by atoms with van der Waals surface area (Å²) in [7, 11) is 0. The topological polar surface area (TPSA) is 35.6 Å². The van der Waals surface area contributed by atoms with E-state index in [1.165, 1.54) is 32.9 Å². The zero-order valence-corrected chi connectivity index (χ0v) is 30.4. The van der Waals surface area contributed by atoms with E-state index in [1.54, 1.807) is 0 Å². The van der Waals surface area contributed by atoms with Crippen LogP contribution in [0.1, 0.15) is 0 Å². The standard InChI is InChI=1S/C52H34N4/c1-4-13-35(14-5-1)40-33-46(36-15-6-2-7-16-36)54-47(34-40)37-22-26-42(27-23-37)56-50-29-25-39(32-45(50)52-51(56)21-12-30-53-52)38-24-28-49-44(31-38)43-19-10-11-20-48(43)55(49)41-17-8-3-9-18-41/h1-34H. The van der Waals surface area contributed by atoms with Crippen LogP contribution in [0.25, 0.3) is 99.9 Å². The van der Waals surface area contributed by atoms with Crippen LogP contribution in [0.3, 0.4) is 0 Å². The van der Waals surface area contributed by atoms with Gasteiger partial charge in [-0.25, -0.2) is 4.98 Å². The maximum absolute atomic E-state index is 5.16. The number of benzene rings is 7. The van der Waals surface area contributed by atoms with E-state index in [1.807, 2.05) is 18.3 Å². The van der Waals surface area contributed by atoms with E-state index in [4.69, 9.17) is 9.97 Å². The molecule has 262 valence electrons. The molecule has 0 amide bonds. The minimum absolute atomic E-state index is 0.939. The highest BCUT2D eigenvalue weighted by atomic mass is 15.0. The van der Waals surface area contributed by atoms with Gasteiger partial charge in [-0.15, -0.1) is 0 Å². The number of para-hydroxylation sites is 2. The van der Waals surface area contributed by atoms with Gasteiger partial charge in [-0.05, 0) is 101 Å². The summed E-state index contributed by atoms with van der Waals surface area (Å²) in [5, 5.41) is 3.61. The Morgan fingerprint density at radius 2 is 0.804 bits per heavy atom. The molecule has 11 rings (SSSR count). The lowest BCUT2D eigenvalue weighted by atomic mass is 10.00. The summed E-state index contributed by atoms with van der Waals surface area (Å²) >= 11 is 0. The molecule has 0 saturated carbocycles. The molecular formula is C52H34N4. The average molecular weight is 715 g/mol. The number of aromatic nitrogens is 4. The van der Waals surface area contributed by atoms with Crippen molar-refractivity contribution in [1.82, 2.24) is 19.1 Å². The van der Waals surface area contributed by atoms with E-state index in [2.05, 4.69) is 197 Å². The van der Waals surface area contributed by atoms with Gasteiger partial charge in [0.2, 0.25) is 0 Å². The molecule has 0 saturated heterocycles.